The van der Waals surface area contributed by atoms with E-state index in [-0.39, 0.29) is 18.1 Å². The fourth-order valence-corrected chi connectivity index (χ4v) is 3.91. The third-order valence-corrected chi connectivity index (χ3v) is 5.92. The highest BCUT2D eigenvalue weighted by Gasteiger charge is 2.18. The smallest absolute Gasteiger partial charge is 0.251 e. The van der Waals surface area contributed by atoms with Crippen LogP contribution in [0.2, 0.25) is 5.02 Å². The van der Waals surface area contributed by atoms with Crippen LogP contribution in [0.25, 0.3) is 27.8 Å². The van der Waals surface area contributed by atoms with Gasteiger partial charge < -0.3 is 5.32 Å². The lowest BCUT2D eigenvalue weighted by Gasteiger charge is -2.07. The summed E-state index contributed by atoms with van der Waals surface area (Å²) in [6, 6.07) is 18.1. The average Bonchev–Trinajstić information content (AvgIpc) is 3.12. The molecule has 0 radical (unpaired) electrons. The van der Waals surface area contributed by atoms with Crippen LogP contribution >= 0.6 is 11.6 Å². The fraction of sp³-hybridized carbons (Fsp3) is 0.0909. The van der Waals surface area contributed by atoms with E-state index in [0.717, 1.165) is 5.39 Å². The molecule has 0 aliphatic carbocycles. The highest BCUT2D eigenvalue weighted by molar-refractivity contribution is 7.89. The summed E-state index contributed by atoms with van der Waals surface area (Å²) >= 11 is 6.39. The van der Waals surface area contributed by atoms with Crippen molar-refractivity contribution in [2.24, 2.45) is 5.14 Å². The van der Waals surface area contributed by atoms with Gasteiger partial charge in [-0.1, -0.05) is 29.8 Å². The number of nitrogens with zero attached hydrogens (tertiary/aromatic N) is 2. The number of carbonyl (C=O) groups is 1. The average molecular weight is 473 g/mol. The van der Waals surface area contributed by atoms with Crippen molar-refractivity contribution in [2.45, 2.75) is 0 Å². The number of rotatable bonds is 6. The Morgan fingerprint density at radius 3 is 2.50 bits per heavy atom. The quantitative estimate of drug-likeness (QED) is 0.447. The van der Waals surface area contributed by atoms with E-state index < -0.39 is 15.9 Å². The maximum atomic E-state index is 13.5. The number of amides is 1. The third-order valence-electron chi connectivity index (χ3n) is 4.82. The van der Waals surface area contributed by atoms with Crippen molar-refractivity contribution >= 4 is 38.4 Å². The number of fused-ring (bicyclic) bond motifs is 1. The van der Waals surface area contributed by atoms with Crippen molar-refractivity contribution in [3.05, 3.63) is 83.1 Å². The second kappa shape index (κ2) is 8.70. The Hall–Kier alpha value is -3.27. The minimum Gasteiger partial charge on any atom is -0.351 e. The summed E-state index contributed by atoms with van der Waals surface area (Å²) < 4.78 is 37.2. The van der Waals surface area contributed by atoms with Crippen LogP contribution in [0.4, 0.5) is 4.39 Å². The molecule has 0 fully saturated rings. The molecule has 0 bridgehead atoms. The first kappa shape index (κ1) is 21.9. The van der Waals surface area contributed by atoms with E-state index >= 15 is 0 Å². The molecular formula is C22H18ClFN4O3S. The van der Waals surface area contributed by atoms with Crippen molar-refractivity contribution < 1.29 is 17.6 Å². The summed E-state index contributed by atoms with van der Waals surface area (Å²) in [5.74, 6) is -1.21. The summed E-state index contributed by atoms with van der Waals surface area (Å²) in [7, 11) is -3.69. The van der Waals surface area contributed by atoms with Crippen LogP contribution < -0.4 is 10.5 Å². The van der Waals surface area contributed by atoms with Gasteiger partial charge in [0, 0.05) is 23.1 Å². The van der Waals surface area contributed by atoms with E-state index in [0.29, 0.717) is 33.0 Å². The SMILES string of the molecule is NS(=O)(=O)CCNC(=O)c1ccc2c(-c3ccccc3Cl)nn(-c3ccc(F)cc3)c2c1. The van der Waals surface area contributed by atoms with E-state index in [9.17, 15) is 17.6 Å². The third kappa shape index (κ3) is 4.64. The van der Waals surface area contributed by atoms with Crippen LogP contribution in [-0.2, 0) is 10.0 Å². The highest BCUT2D eigenvalue weighted by atomic mass is 35.5. The number of sulfonamides is 1. The van der Waals surface area contributed by atoms with Gasteiger partial charge in [-0.25, -0.2) is 22.6 Å². The zero-order valence-corrected chi connectivity index (χ0v) is 18.2. The Bertz CT molecular complexity index is 1420. The minimum absolute atomic E-state index is 0.113. The van der Waals surface area contributed by atoms with Gasteiger partial charge in [-0.2, -0.15) is 5.10 Å². The summed E-state index contributed by atoms with van der Waals surface area (Å²) in [5.41, 5.74) is 2.83. The van der Waals surface area contributed by atoms with E-state index in [1.165, 1.54) is 12.1 Å². The molecule has 1 heterocycles. The molecule has 0 saturated carbocycles. The molecule has 3 aromatic carbocycles. The molecule has 4 rings (SSSR count). The van der Waals surface area contributed by atoms with Crippen molar-refractivity contribution in [3.8, 4) is 16.9 Å². The molecule has 164 valence electrons. The first-order chi connectivity index (χ1) is 15.2. The summed E-state index contributed by atoms with van der Waals surface area (Å²) in [5, 5.41) is 13.5. The maximum absolute atomic E-state index is 13.5. The molecule has 0 unspecified atom stereocenters. The lowest BCUT2D eigenvalue weighted by atomic mass is 10.1. The topological polar surface area (TPSA) is 107 Å². The number of primary sulfonamides is 1. The molecule has 32 heavy (non-hydrogen) atoms. The van der Waals surface area contributed by atoms with Crippen LogP contribution in [0, 0.1) is 5.82 Å². The molecule has 3 N–H and O–H groups in total. The second-order valence-electron chi connectivity index (χ2n) is 7.07. The molecule has 0 spiro atoms. The second-order valence-corrected chi connectivity index (χ2v) is 9.21. The molecule has 10 heteroatoms. The predicted octanol–water partition coefficient (Wildman–Crippen LogP) is 3.50. The molecule has 7 nitrogen and oxygen atoms in total. The zero-order valence-electron chi connectivity index (χ0n) is 16.6. The van der Waals surface area contributed by atoms with Gasteiger partial charge in [-0.3, -0.25) is 4.79 Å². The van der Waals surface area contributed by atoms with Gasteiger partial charge in [0.15, 0.2) is 0 Å². The lowest BCUT2D eigenvalue weighted by Crippen LogP contribution is -2.31. The van der Waals surface area contributed by atoms with Gasteiger partial charge in [0.2, 0.25) is 10.0 Å². The largest absolute Gasteiger partial charge is 0.351 e. The molecule has 0 aliphatic rings. The van der Waals surface area contributed by atoms with E-state index in [1.54, 1.807) is 41.1 Å². The van der Waals surface area contributed by atoms with Gasteiger partial charge >= 0.3 is 0 Å². The Morgan fingerprint density at radius 1 is 1.09 bits per heavy atom. The van der Waals surface area contributed by atoms with Gasteiger partial charge in [-0.05, 0) is 48.5 Å². The zero-order chi connectivity index (χ0) is 22.9. The van der Waals surface area contributed by atoms with Crippen molar-refractivity contribution in [1.29, 1.82) is 0 Å². The number of halogens is 2. The van der Waals surface area contributed by atoms with Gasteiger partial charge in [-0.15, -0.1) is 0 Å². The number of nitrogens with one attached hydrogen (secondary N) is 1. The number of nitrogens with two attached hydrogens (primary N) is 1. The van der Waals surface area contributed by atoms with Crippen molar-refractivity contribution in [2.75, 3.05) is 12.3 Å². The van der Waals surface area contributed by atoms with E-state index in [4.69, 9.17) is 21.8 Å². The number of benzene rings is 3. The van der Waals surface area contributed by atoms with E-state index in [1.807, 2.05) is 18.2 Å². The Labute approximate surface area is 188 Å². The fourth-order valence-electron chi connectivity index (χ4n) is 3.30. The van der Waals surface area contributed by atoms with Crippen LogP contribution in [0.15, 0.2) is 66.7 Å². The Kier molecular flexibility index (Phi) is 5.96. The molecule has 0 atom stereocenters. The first-order valence-corrected chi connectivity index (χ1v) is 11.6. The van der Waals surface area contributed by atoms with Gasteiger partial charge in [0.25, 0.3) is 5.91 Å². The van der Waals surface area contributed by atoms with Crippen LogP contribution in [0.1, 0.15) is 10.4 Å². The number of hydrogen-bond acceptors (Lipinski definition) is 4. The Balaban J connectivity index is 1.81. The highest BCUT2D eigenvalue weighted by Crippen LogP contribution is 2.34. The van der Waals surface area contributed by atoms with Crippen molar-refractivity contribution in [1.82, 2.24) is 15.1 Å². The normalized spacial score (nSPS) is 11.6. The molecule has 0 saturated heterocycles. The molecule has 4 aromatic rings. The Morgan fingerprint density at radius 2 is 1.81 bits per heavy atom. The molecule has 0 aliphatic heterocycles. The van der Waals surface area contributed by atoms with E-state index in [2.05, 4.69) is 5.32 Å². The number of carbonyl (C=O) groups excluding carboxylic acids is 1. The van der Waals surface area contributed by atoms with Gasteiger partial charge in [0.1, 0.15) is 11.5 Å². The van der Waals surface area contributed by atoms with Crippen LogP contribution in [-0.4, -0.2) is 36.4 Å². The summed E-state index contributed by atoms with van der Waals surface area (Å²) in [6.07, 6.45) is 0. The van der Waals surface area contributed by atoms with Gasteiger partial charge in [0.05, 0.1) is 22.0 Å². The predicted molar refractivity (Wildman–Crippen MR) is 122 cm³/mol. The summed E-state index contributed by atoms with van der Waals surface area (Å²) in [6.45, 7) is -0.113. The standard InChI is InChI=1S/C22H18ClFN4O3S/c23-19-4-2-1-3-17(19)21-18-10-5-14(22(29)26-11-12-32(25,30)31)13-20(18)28(27-21)16-8-6-15(24)7-9-16/h1-10,13H,11-12H2,(H,26,29)(H2,25,30,31). The molecular weight excluding hydrogens is 455 g/mol. The maximum Gasteiger partial charge on any atom is 0.251 e. The van der Waals surface area contributed by atoms with Crippen LogP contribution in [0.3, 0.4) is 0 Å². The monoisotopic (exact) mass is 472 g/mol. The summed E-state index contributed by atoms with van der Waals surface area (Å²) in [4.78, 5) is 12.6. The van der Waals surface area contributed by atoms with Crippen LogP contribution in [0.5, 0.6) is 0 Å². The minimum atomic E-state index is -3.69. The molecule has 1 amide bonds. The first-order valence-electron chi connectivity index (χ1n) is 9.55. The lowest BCUT2D eigenvalue weighted by molar-refractivity contribution is 0.0956. The number of hydrogen-bond donors (Lipinski definition) is 2. The number of aromatic nitrogens is 2. The molecule has 1 aromatic heterocycles. The van der Waals surface area contributed by atoms with Crippen molar-refractivity contribution in [3.63, 3.8) is 0 Å².